The number of nitrogens with zero attached hydrogens (tertiary/aromatic N) is 1. The Morgan fingerprint density at radius 1 is 1.50 bits per heavy atom. The van der Waals surface area contributed by atoms with Crippen molar-refractivity contribution in [1.82, 2.24) is 10.2 Å². The zero-order chi connectivity index (χ0) is 13.4. The molecule has 1 aliphatic rings. The van der Waals surface area contributed by atoms with Gasteiger partial charge < -0.3 is 15.0 Å². The van der Waals surface area contributed by atoms with Crippen molar-refractivity contribution in [3.05, 3.63) is 0 Å². The van der Waals surface area contributed by atoms with Crippen molar-refractivity contribution in [3.63, 3.8) is 0 Å². The number of nitrogens with one attached hydrogen (secondary N) is 1. The summed E-state index contributed by atoms with van der Waals surface area (Å²) in [4.78, 5) is 25.6. The molecule has 1 N–H and O–H groups in total. The van der Waals surface area contributed by atoms with E-state index < -0.39 is 0 Å². The first-order valence-electron chi connectivity index (χ1n) is 6.34. The Hall–Kier alpha value is -0.750. The van der Waals surface area contributed by atoms with Crippen molar-refractivity contribution in [2.45, 2.75) is 32.2 Å². The fraction of sp³-hybridized carbons (Fsp3) is 0.833. The minimum Gasteiger partial charge on any atom is -0.383 e. The molecule has 0 bridgehead atoms. The van der Waals surface area contributed by atoms with E-state index in [0.717, 1.165) is 12.8 Å². The highest BCUT2D eigenvalue weighted by Crippen LogP contribution is 2.22. The van der Waals surface area contributed by atoms with Gasteiger partial charge in [-0.3, -0.25) is 9.59 Å². The van der Waals surface area contributed by atoms with Gasteiger partial charge in [-0.05, 0) is 6.42 Å². The van der Waals surface area contributed by atoms with Gasteiger partial charge in [0.25, 0.3) is 0 Å². The van der Waals surface area contributed by atoms with Crippen LogP contribution in [0.3, 0.4) is 0 Å². The average Bonchev–Trinajstić information content (AvgIpc) is 2.85. The summed E-state index contributed by atoms with van der Waals surface area (Å²) in [5.41, 5.74) is 0. The lowest BCUT2D eigenvalue weighted by molar-refractivity contribution is -0.138. The van der Waals surface area contributed by atoms with Crippen LogP contribution in [0.1, 0.15) is 26.2 Å². The molecule has 0 aliphatic carbocycles. The summed E-state index contributed by atoms with van der Waals surface area (Å²) in [6, 6.07) is -0.309. The molecule has 1 unspecified atom stereocenters. The van der Waals surface area contributed by atoms with E-state index in [1.165, 1.54) is 0 Å². The number of thioether (sulfide) groups is 1. The SMILES string of the molecule is CCCCC(=O)N1CSCC1C(=O)NCCOC. The summed E-state index contributed by atoms with van der Waals surface area (Å²) in [5, 5.41) is 2.80. The van der Waals surface area contributed by atoms with Crippen LogP contribution in [-0.2, 0) is 14.3 Å². The minimum atomic E-state index is -0.309. The van der Waals surface area contributed by atoms with Gasteiger partial charge in [0.05, 0.1) is 12.5 Å². The molecule has 1 heterocycles. The lowest BCUT2D eigenvalue weighted by Gasteiger charge is -2.23. The van der Waals surface area contributed by atoms with Gasteiger partial charge in [-0.1, -0.05) is 13.3 Å². The zero-order valence-electron chi connectivity index (χ0n) is 11.1. The number of unbranched alkanes of at least 4 members (excludes halogenated alkanes) is 1. The van der Waals surface area contributed by atoms with Crippen LogP contribution in [0.5, 0.6) is 0 Å². The molecule has 0 radical (unpaired) electrons. The first-order valence-corrected chi connectivity index (χ1v) is 7.50. The molecule has 0 aromatic rings. The van der Waals surface area contributed by atoms with Crippen LogP contribution in [0.4, 0.5) is 0 Å². The molecule has 0 saturated carbocycles. The van der Waals surface area contributed by atoms with Gasteiger partial charge in [-0.25, -0.2) is 0 Å². The molecule has 5 nitrogen and oxygen atoms in total. The third-order valence-corrected chi connectivity index (χ3v) is 3.87. The van der Waals surface area contributed by atoms with E-state index in [4.69, 9.17) is 4.74 Å². The number of methoxy groups -OCH3 is 1. The van der Waals surface area contributed by atoms with E-state index in [9.17, 15) is 9.59 Å². The van der Waals surface area contributed by atoms with Crippen molar-refractivity contribution in [3.8, 4) is 0 Å². The highest BCUT2D eigenvalue weighted by molar-refractivity contribution is 7.99. The second-order valence-corrected chi connectivity index (χ2v) is 5.27. The number of amides is 2. The van der Waals surface area contributed by atoms with E-state index in [2.05, 4.69) is 12.2 Å². The van der Waals surface area contributed by atoms with Gasteiger partial charge >= 0.3 is 0 Å². The quantitative estimate of drug-likeness (QED) is 0.699. The van der Waals surface area contributed by atoms with E-state index in [1.807, 2.05) is 0 Å². The summed E-state index contributed by atoms with van der Waals surface area (Å²) >= 11 is 1.63. The lowest BCUT2D eigenvalue weighted by atomic mass is 10.2. The molecule has 1 rings (SSSR count). The highest BCUT2D eigenvalue weighted by atomic mass is 32.2. The Balaban J connectivity index is 2.43. The Labute approximate surface area is 113 Å². The fourth-order valence-corrected chi connectivity index (χ4v) is 2.95. The largest absolute Gasteiger partial charge is 0.383 e. The maximum Gasteiger partial charge on any atom is 0.243 e. The minimum absolute atomic E-state index is 0.0677. The molecule has 0 aromatic heterocycles. The van der Waals surface area contributed by atoms with Gasteiger partial charge in [0, 0.05) is 25.8 Å². The van der Waals surface area contributed by atoms with E-state index in [-0.39, 0.29) is 17.9 Å². The van der Waals surface area contributed by atoms with Crippen LogP contribution >= 0.6 is 11.8 Å². The highest BCUT2D eigenvalue weighted by Gasteiger charge is 2.33. The average molecular weight is 274 g/mol. The number of hydrogen-bond donors (Lipinski definition) is 1. The number of rotatable bonds is 7. The third kappa shape index (κ3) is 4.49. The molecule has 104 valence electrons. The smallest absolute Gasteiger partial charge is 0.243 e. The van der Waals surface area contributed by atoms with Gasteiger partial charge in [-0.15, -0.1) is 11.8 Å². The molecule has 2 amide bonds. The first-order chi connectivity index (χ1) is 8.70. The van der Waals surface area contributed by atoms with E-state index in [1.54, 1.807) is 23.8 Å². The normalized spacial score (nSPS) is 19.0. The summed E-state index contributed by atoms with van der Waals surface area (Å²) in [6.07, 6.45) is 2.42. The number of carbonyl (C=O) groups is 2. The standard InChI is InChI=1S/C12H22N2O3S/c1-3-4-5-11(15)14-9-18-8-10(14)12(16)13-6-7-17-2/h10H,3-9H2,1-2H3,(H,13,16). The molecule has 0 spiro atoms. The predicted molar refractivity (Wildman–Crippen MR) is 72.4 cm³/mol. The van der Waals surface area contributed by atoms with Gasteiger partial charge in [0.1, 0.15) is 6.04 Å². The van der Waals surface area contributed by atoms with Gasteiger partial charge in [0.15, 0.2) is 0 Å². The Bertz CT molecular complexity index is 286. The van der Waals surface area contributed by atoms with E-state index in [0.29, 0.717) is 31.2 Å². The molecule has 0 aromatic carbocycles. The Morgan fingerprint density at radius 3 is 2.94 bits per heavy atom. The van der Waals surface area contributed by atoms with Crippen molar-refractivity contribution < 1.29 is 14.3 Å². The van der Waals surface area contributed by atoms with Crippen LogP contribution in [0.15, 0.2) is 0 Å². The summed E-state index contributed by atoms with van der Waals surface area (Å²) in [5.74, 6) is 1.34. The van der Waals surface area contributed by atoms with Crippen LogP contribution in [0.25, 0.3) is 0 Å². The summed E-state index contributed by atoms with van der Waals surface area (Å²) in [6.45, 7) is 3.05. The molecular weight excluding hydrogens is 252 g/mol. The molecular formula is C12H22N2O3S. The van der Waals surface area contributed by atoms with Crippen molar-refractivity contribution >= 4 is 23.6 Å². The maximum atomic E-state index is 12.0. The molecule has 1 aliphatic heterocycles. The van der Waals surface area contributed by atoms with Crippen LogP contribution in [-0.4, -0.2) is 54.6 Å². The van der Waals surface area contributed by atoms with E-state index >= 15 is 0 Å². The lowest BCUT2D eigenvalue weighted by Crippen LogP contribution is -2.47. The van der Waals surface area contributed by atoms with Crippen LogP contribution in [0.2, 0.25) is 0 Å². The van der Waals surface area contributed by atoms with Crippen molar-refractivity contribution in [2.75, 3.05) is 31.9 Å². The summed E-state index contributed by atoms with van der Waals surface area (Å²) in [7, 11) is 1.60. The Morgan fingerprint density at radius 2 is 2.28 bits per heavy atom. The fourth-order valence-electron chi connectivity index (χ4n) is 1.77. The second-order valence-electron chi connectivity index (χ2n) is 4.27. The second kappa shape index (κ2) is 8.37. The number of hydrogen-bond acceptors (Lipinski definition) is 4. The van der Waals surface area contributed by atoms with Crippen molar-refractivity contribution in [2.24, 2.45) is 0 Å². The molecule has 1 fully saturated rings. The summed E-state index contributed by atoms with van der Waals surface area (Å²) < 4.78 is 4.88. The third-order valence-electron chi connectivity index (χ3n) is 2.85. The first kappa shape index (κ1) is 15.3. The number of ether oxygens (including phenoxy) is 1. The van der Waals surface area contributed by atoms with Gasteiger partial charge in [0.2, 0.25) is 11.8 Å². The monoisotopic (exact) mass is 274 g/mol. The molecule has 18 heavy (non-hydrogen) atoms. The topological polar surface area (TPSA) is 58.6 Å². The molecule has 1 atom stereocenters. The van der Waals surface area contributed by atoms with Crippen molar-refractivity contribution in [1.29, 1.82) is 0 Å². The van der Waals surface area contributed by atoms with Gasteiger partial charge in [-0.2, -0.15) is 0 Å². The Kier molecular flexibility index (Phi) is 7.12. The van der Waals surface area contributed by atoms with Crippen LogP contribution < -0.4 is 5.32 Å². The predicted octanol–water partition coefficient (Wildman–Crippen LogP) is 0.841. The maximum absolute atomic E-state index is 12.0. The molecule has 6 heteroatoms. The van der Waals surface area contributed by atoms with Crippen LogP contribution in [0, 0.1) is 0 Å². The molecule has 1 saturated heterocycles. The number of carbonyl (C=O) groups excluding carboxylic acids is 2. The zero-order valence-corrected chi connectivity index (χ0v) is 11.9.